The van der Waals surface area contributed by atoms with Crippen molar-refractivity contribution in [2.45, 2.75) is 19.4 Å². The number of benzene rings is 1. The minimum absolute atomic E-state index is 0.168. The van der Waals surface area contributed by atoms with E-state index in [1.54, 1.807) is 12.1 Å². The van der Waals surface area contributed by atoms with Gasteiger partial charge in [0.15, 0.2) is 0 Å². The molecule has 0 saturated carbocycles. The molecule has 1 rings (SSSR count). The highest BCUT2D eigenvalue weighted by atomic mass is 35.5. The van der Waals surface area contributed by atoms with Gasteiger partial charge in [-0.1, -0.05) is 11.6 Å². The Balaban J connectivity index is 2.67. The molecule has 0 aromatic heterocycles. The van der Waals surface area contributed by atoms with E-state index < -0.39 is 0 Å². The van der Waals surface area contributed by atoms with Crippen molar-refractivity contribution < 1.29 is 5.11 Å². The van der Waals surface area contributed by atoms with Crippen LogP contribution in [0.3, 0.4) is 0 Å². The van der Waals surface area contributed by atoms with Crippen molar-refractivity contribution in [2.75, 3.05) is 17.7 Å². The van der Waals surface area contributed by atoms with E-state index in [1.165, 1.54) is 0 Å². The zero-order valence-electron chi connectivity index (χ0n) is 8.13. The molecule has 0 heterocycles. The van der Waals surface area contributed by atoms with Crippen LogP contribution in [-0.4, -0.2) is 17.8 Å². The number of aliphatic hydroxyl groups is 1. The average Bonchev–Trinajstić information content (AvgIpc) is 2.10. The van der Waals surface area contributed by atoms with Gasteiger partial charge in [0.2, 0.25) is 0 Å². The SMILES string of the molecule is CC(CCO)Nc1ccc(Cl)cc1N. The molecule has 0 spiro atoms. The van der Waals surface area contributed by atoms with Crippen molar-refractivity contribution >= 4 is 23.0 Å². The van der Waals surface area contributed by atoms with E-state index in [0.717, 1.165) is 5.69 Å². The third-order valence-corrected chi connectivity index (χ3v) is 2.21. The van der Waals surface area contributed by atoms with Gasteiger partial charge in [0.05, 0.1) is 11.4 Å². The molecule has 0 bridgehead atoms. The Labute approximate surface area is 88.9 Å². The zero-order chi connectivity index (χ0) is 10.6. The summed E-state index contributed by atoms with van der Waals surface area (Å²) in [6.45, 7) is 2.16. The molecule has 78 valence electrons. The lowest BCUT2D eigenvalue weighted by Crippen LogP contribution is -2.17. The highest BCUT2D eigenvalue weighted by molar-refractivity contribution is 6.31. The summed E-state index contributed by atoms with van der Waals surface area (Å²) in [6.07, 6.45) is 0.696. The Morgan fingerprint density at radius 3 is 2.86 bits per heavy atom. The molecule has 4 heteroatoms. The summed E-state index contributed by atoms with van der Waals surface area (Å²) in [6, 6.07) is 5.52. The summed E-state index contributed by atoms with van der Waals surface area (Å²) < 4.78 is 0. The predicted molar refractivity (Wildman–Crippen MR) is 60.7 cm³/mol. The Morgan fingerprint density at radius 2 is 2.29 bits per heavy atom. The van der Waals surface area contributed by atoms with Crippen LogP contribution < -0.4 is 11.1 Å². The van der Waals surface area contributed by atoms with Crippen molar-refractivity contribution in [3.05, 3.63) is 23.2 Å². The molecular formula is C10H15ClN2O. The Bertz CT molecular complexity index is 304. The number of anilines is 2. The van der Waals surface area contributed by atoms with Gasteiger partial charge in [-0.15, -0.1) is 0 Å². The maximum atomic E-state index is 8.74. The van der Waals surface area contributed by atoms with Gasteiger partial charge >= 0.3 is 0 Å². The van der Waals surface area contributed by atoms with Gasteiger partial charge in [-0.25, -0.2) is 0 Å². The number of nitrogen functional groups attached to an aromatic ring is 1. The quantitative estimate of drug-likeness (QED) is 0.673. The summed E-state index contributed by atoms with van der Waals surface area (Å²) in [5.41, 5.74) is 7.24. The van der Waals surface area contributed by atoms with Crippen LogP contribution in [0.5, 0.6) is 0 Å². The van der Waals surface area contributed by atoms with Gasteiger partial charge in [-0.2, -0.15) is 0 Å². The van der Waals surface area contributed by atoms with Crippen LogP contribution in [0.25, 0.3) is 0 Å². The number of hydrogen-bond donors (Lipinski definition) is 3. The standard InChI is InChI=1S/C10H15ClN2O/c1-7(4-5-14)13-10-3-2-8(11)6-9(10)12/h2-3,6-7,13-14H,4-5,12H2,1H3. The number of aliphatic hydroxyl groups excluding tert-OH is 1. The van der Waals surface area contributed by atoms with Gasteiger partial charge in [-0.05, 0) is 31.5 Å². The van der Waals surface area contributed by atoms with Crippen LogP contribution in [0.1, 0.15) is 13.3 Å². The monoisotopic (exact) mass is 214 g/mol. The molecular weight excluding hydrogens is 200 g/mol. The van der Waals surface area contributed by atoms with Crippen molar-refractivity contribution in [1.82, 2.24) is 0 Å². The summed E-state index contributed by atoms with van der Waals surface area (Å²) >= 11 is 5.77. The molecule has 0 amide bonds. The van der Waals surface area contributed by atoms with Crippen LogP contribution in [-0.2, 0) is 0 Å². The van der Waals surface area contributed by atoms with E-state index in [9.17, 15) is 0 Å². The molecule has 0 fully saturated rings. The second kappa shape index (κ2) is 5.08. The van der Waals surface area contributed by atoms with Crippen molar-refractivity contribution in [3.63, 3.8) is 0 Å². The molecule has 4 N–H and O–H groups in total. The molecule has 3 nitrogen and oxygen atoms in total. The van der Waals surface area contributed by atoms with Crippen LogP contribution in [0.4, 0.5) is 11.4 Å². The first kappa shape index (κ1) is 11.1. The van der Waals surface area contributed by atoms with E-state index in [4.69, 9.17) is 22.4 Å². The smallest absolute Gasteiger partial charge is 0.0577 e. The largest absolute Gasteiger partial charge is 0.397 e. The molecule has 0 saturated heterocycles. The van der Waals surface area contributed by atoms with E-state index in [1.807, 2.05) is 13.0 Å². The lowest BCUT2D eigenvalue weighted by Gasteiger charge is -2.15. The second-order valence-corrected chi connectivity index (χ2v) is 3.73. The molecule has 1 unspecified atom stereocenters. The van der Waals surface area contributed by atoms with Crippen molar-refractivity contribution in [2.24, 2.45) is 0 Å². The fraction of sp³-hybridized carbons (Fsp3) is 0.400. The molecule has 0 aliphatic heterocycles. The first-order valence-electron chi connectivity index (χ1n) is 4.56. The number of nitrogens with one attached hydrogen (secondary N) is 1. The lowest BCUT2D eigenvalue weighted by atomic mass is 10.2. The van der Waals surface area contributed by atoms with E-state index >= 15 is 0 Å². The minimum Gasteiger partial charge on any atom is -0.397 e. The van der Waals surface area contributed by atoms with Gasteiger partial charge in [0.1, 0.15) is 0 Å². The van der Waals surface area contributed by atoms with Crippen molar-refractivity contribution in [1.29, 1.82) is 0 Å². The molecule has 0 aliphatic carbocycles. The number of nitrogens with two attached hydrogens (primary N) is 1. The molecule has 0 radical (unpaired) electrons. The molecule has 0 aliphatic rings. The Hall–Kier alpha value is -0.930. The maximum absolute atomic E-state index is 8.74. The number of hydrogen-bond acceptors (Lipinski definition) is 3. The third kappa shape index (κ3) is 3.09. The summed E-state index contributed by atoms with van der Waals surface area (Å²) in [4.78, 5) is 0. The highest BCUT2D eigenvalue weighted by Crippen LogP contribution is 2.23. The van der Waals surface area contributed by atoms with E-state index in [2.05, 4.69) is 5.32 Å². The maximum Gasteiger partial charge on any atom is 0.0577 e. The minimum atomic E-state index is 0.168. The number of halogens is 1. The molecule has 1 aromatic carbocycles. The van der Waals surface area contributed by atoms with E-state index in [0.29, 0.717) is 17.1 Å². The van der Waals surface area contributed by atoms with E-state index in [-0.39, 0.29) is 12.6 Å². The van der Waals surface area contributed by atoms with Crippen LogP contribution >= 0.6 is 11.6 Å². The van der Waals surface area contributed by atoms with Gasteiger partial charge in [0.25, 0.3) is 0 Å². The topological polar surface area (TPSA) is 58.3 Å². The summed E-state index contributed by atoms with van der Waals surface area (Å²) in [5.74, 6) is 0. The van der Waals surface area contributed by atoms with Crippen LogP contribution in [0.15, 0.2) is 18.2 Å². The Morgan fingerprint density at radius 1 is 1.57 bits per heavy atom. The first-order chi connectivity index (χ1) is 6.63. The van der Waals surface area contributed by atoms with Crippen LogP contribution in [0.2, 0.25) is 5.02 Å². The van der Waals surface area contributed by atoms with Crippen LogP contribution in [0, 0.1) is 0 Å². The van der Waals surface area contributed by atoms with Gasteiger partial charge < -0.3 is 16.2 Å². The fourth-order valence-electron chi connectivity index (χ4n) is 1.20. The lowest BCUT2D eigenvalue weighted by molar-refractivity contribution is 0.282. The molecule has 1 aromatic rings. The third-order valence-electron chi connectivity index (χ3n) is 1.98. The van der Waals surface area contributed by atoms with Gasteiger partial charge in [-0.3, -0.25) is 0 Å². The summed E-state index contributed by atoms with van der Waals surface area (Å²) in [5, 5.41) is 12.6. The average molecular weight is 215 g/mol. The summed E-state index contributed by atoms with van der Waals surface area (Å²) in [7, 11) is 0. The predicted octanol–water partition coefficient (Wildman–Crippen LogP) is 2.10. The fourth-order valence-corrected chi connectivity index (χ4v) is 1.38. The second-order valence-electron chi connectivity index (χ2n) is 3.29. The zero-order valence-corrected chi connectivity index (χ0v) is 8.88. The number of rotatable bonds is 4. The molecule has 1 atom stereocenters. The van der Waals surface area contributed by atoms with Crippen molar-refractivity contribution in [3.8, 4) is 0 Å². The molecule has 14 heavy (non-hydrogen) atoms. The Kier molecular flexibility index (Phi) is 4.04. The van der Waals surface area contributed by atoms with Gasteiger partial charge in [0, 0.05) is 17.7 Å². The normalized spacial score (nSPS) is 12.5. The highest BCUT2D eigenvalue weighted by Gasteiger charge is 2.04. The first-order valence-corrected chi connectivity index (χ1v) is 4.93.